The Kier molecular flexibility index (Phi) is 9.49. The maximum atomic E-state index is 12.8. The Morgan fingerprint density at radius 2 is 1.82 bits per heavy atom. The number of amides is 1. The quantitative estimate of drug-likeness (QED) is 0.356. The summed E-state index contributed by atoms with van der Waals surface area (Å²) < 4.78 is 23.1. The Morgan fingerprint density at radius 3 is 2.49 bits per heavy atom. The highest BCUT2D eigenvalue weighted by Gasteiger charge is 2.29. The van der Waals surface area contributed by atoms with E-state index in [1.54, 1.807) is 25.3 Å². The Balaban J connectivity index is 1.67. The largest absolute Gasteiger partial charge is 0.502 e. The smallest absolute Gasteiger partial charge is 0.227 e. The van der Waals surface area contributed by atoms with Crippen LogP contribution >= 0.6 is 0 Å². The summed E-state index contributed by atoms with van der Waals surface area (Å²) in [5.74, 6) is 0.000352. The lowest BCUT2D eigenvalue weighted by molar-refractivity contribution is -0.118. The van der Waals surface area contributed by atoms with Crippen molar-refractivity contribution in [3.63, 3.8) is 0 Å². The summed E-state index contributed by atoms with van der Waals surface area (Å²) in [6.07, 6.45) is 3.75. The summed E-state index contributed by atoms with van der Waals surface area (Å²) in [5.41, 5.74) is 6.64. The van der Waals surface area contributed by atoms with Crippen molar-refractivity contribution in [1.82, 2.24) is 4.90 Å². The minimum atomic E-state index is -0.859. The molecule has 1 amide bonds. The van der Waals surface area contributed by atoms with Crippen LogP contribution in [0.2, 0.25) is 0 Å². The van der Waals surface area contributed by atoms with Gasteiger partial charge in [0.2, 0.25) is 17.1 Å². The molecule has 4 rings (SSSR count). The minimum absolute atomic E-state index is 0.0124. The molecule has 1 aliphatic heterocycles. The van der Waals surface area contributed by atoms with Crippen LogP contribution in [0.3, 0.4) is 0 Å². The molecule has 39 heavy (non-hydrogen) atoms. The van der Waals surface area contributed by atoms with Gasteiger partial charge in [-0.2, -0.15) is 0 Å². The predicted molar refractivity (Wildman–Crippen MR) is 147 cm³/mol. The molecule has 3 aromatic rings. The van der Waals surface area contributed by atoms with Crippen LogP contribution in [0.25, 0.3) is 0 Å². The molecule has 9 heteroatoms. The van der Waals surface area contributed by atoms with E-state index in [4.69, 9.17) is 24.4 Å². The van der Waals surface area contributed by atoms with Crippen LogP contribution in [0.4, 0.5) is 0 Å². The average molecular weight is 537 g/mol. The maximum Gasteiger partial charge on any atom is 0.227 e. The van der Waals surface area contributed by atoms with E-state index >= 15 is 0 Å². The number of nitrogens with zero attached hydrogens (tertiary/aromatic N) is 1. The van der Waals surface area contributed by atoms with Crippen molar-refractivity contribution in [3.8, 4) is 23.0 Å². The lowest BCUT2D eigenvalue weighted by atomic mass is 9.90. The average Bonchev–Trinajstić information content (AvgIpc) is 2.94. The molecule has 2 aromatic carbocycles. The zero-order chi connectivity index (χ0) is 27.8. The van der Waals surface area contributed by atoms with E-state index in [-0.39, 0.29) is 12.2 Å². The van der Waals surface area contributed by atoms with Gasteiger partial charge < -0.3 is 29.5 Å². The fraction of sp³-hybridized carbons (Fsp3) is 0.400. The number of benzene rings is 2. The Hall–Kier alpha value is -3.98. The van der Waals surface area contributed by atoms with Gasteiger partial charge in [-0.3, -0.25) is 14.5 Å². The van der Waals surface area contributed by atoms with E-state index in [1.807, 2.05) is 24.3 Å². The van der Waals surface area contributed by atoms with Crippen LogP contribution in [0, 0.1) is 0 Å². The Labute approximate surface area is 228 Å². The molecule has 0 radical (unpaired) electrons. The summed E-state index contributed by atoms with van der Waals surface area (Å²) >= 11 is 0. The first kappa shape index (κ1) is 28.0. The molecule has 0 aliphatic carbocycles. The molecule has 0 bridgehead atoms. The fourth-order valence-electron chi connectivity index (χ4n) is 4.94. The number of rotatable bonds is 12. The number of ether oxygens (including phenoxy) is 3. The van der Waals surface area contributed by atoms with Crippen molar-refractivity contribution < 1.29 is 28.5 Å². The summed E-state index contributed by atoms with van der Waals surface area (Å²) in [5, 5.41) is 10.8. The highest BCUT2D eigenvalue weighted by molar-refractivity contribution is 5.76. The highest BCUT2D eigenvalue weighted by Crippen LogP contribution is 2.42. The number of primary amides is 1. The van der Waals surface area contributed by atoms with Gasteiger partial charge in [-0.15, -0.1) is 0 Å². The van der Waals surface area contributed by atoms with E-state index in [1.165, 1.54) is 19.6 Å². The van der Waals surface area contributed by atoms with Crippen LogP contribution < -0.4 is 25.4 Å². The predicted octanol–water partition coefficient (Wildman–Crippen LogP) is 3.98. The molecule has 0 unspecified atom stereocenters. The van der Waals surface area contributed by atoms with Crippen LogP contribution in [0.15, 0.2) is 57.7 Å². The van der Waals surface area contributed by atoms with E-state index in [0.29, 0.717) is 42.4 Å². The highest BCUT2D eigenvalue weighted by atomic mass is 16.5. The Morgan fingerprint density at radius 1 is 1.08 bits per heavy atom. The summed E-state index contributed by atoms with van der Waals surface area (Å²) in [7, 11) is 3.14. The number of likely N-dealkylation sites (tertiary alicyclic amines) is 1. The Bertz CT molecular complexity index is 1310. The van der Waals surface area contributed by atoms with Crippen LogP contribution in [0.5, 0.6) is 23.0 Å². The number of piperidine rings is 1. The summed E-state index contributed by atoms with van der Waals surface area (Å²) in [4.78, 5) is 27.2. The number of nitrogens with two attached hydrogens (primary N) is 1. The van der Waals surface area contributed by atoms with Gasteiger partial charge in [0, 0.05) is 24.5 Å². The summed E-state index contributed by atoms with van der Waals surface area (Å²) in [6.45, 7) is 2.57. The van der Waals surface area contributed by atoms with E-state index in [9.17, 15) is 14.7 Å². The molecule has 1 saturated heterocycles. The molecule has 1 atom stereocenters. The van der Waals surface area contributed by atoms with Gasteiger partial charge >= 0.3 is 0 Å². The molecule has 1 aliphatic rings. The normalized spacial score (nSPS) is 14.5. The third kappa shape index (κ3) is 7.11. The second-order valence-corrected chi connectivity index (χ2v) is 9.67. The first-order valence-electron chi connectivity index (χ1n) is 13.2. The number of para-hydroxylation sites is 1. The third-order valence-electron chi connectivity index (χ3n) is 6.95. The SMILES string of the molecule is COc1ccc(CCOc2c(OC)cccc2[C@H](CC(N)=O)c2oc(CN3CCCCC3)cc(=O)c2O)cc1. The van der Waals surface area contributed by atoms with Crippen LogP contribution in [-0.4, -0.2) is 49.8 Å². The maximum absolute atomic E-state index is 12.8. The van der Waals surface area contributed by atoms with E-state index in [2.05, 4.69) is 4.90 Å². The lowest BCUT2D eigenvalue weighted by Crippen LogP contribution is -2.29. The van der Waals surface area contributed by atoms with Crippen LogP contribution in [0.1, 0.15) is 54.2 Å². The second-order valence-electron chi connectivity index (χ2n) is 9.67. The number of hydrogen-bond acceptors (Lipinski definition) is 8. The van der Waals surface area contributed by atoms with Crippen molar-refractivity contribution in [2.75, 3.05) is 33.9 Å². The minimum Gasteiger partial charge on any atom is -0.502 e. The topological polar surface area (TPSA) is 124 Å². The first-order valence-corrected chi connectivity index (χ1v) is 13.2. The van der Waals surface area contributed by atoms with E-state index < -0.39 is 23.0 Å². The monoisotopic (exact) mass is 536 g/mol. The van der Waals surface area contributed by atoms with E-state index in [0.717, 1.165) is 37.2 Å². The molecule has 1 fully saturated rings. The van der Waals surface area contributed by atoms with Gasteiger partial charge in [0.05, 0.1) is 33.3 Å². The van der Waals surface area contributed by atoms with Crippen LogP contribution in [-0.2, 0) is 17.8 Å². The van der Waals surface area contributed by atoms with Gasteiger partial charge in [-0.05, 0) is 49.7 Å². The van der Waals surface area contributed by atoms with Crippen molar-refractivity contribution in [3.05, 3.63) is 81.4 Å². The van der Waals surface area contributed by atoms with Gasteiger partial charge in [0.15, 0.2) is 17.3 Å². The van der Waals surface area contributed by atoms with Crippen molar-refractivity contribution in [1.29, 1.82) is 0 Å². The lowest BCUT2D eigenvalue weighted by Gasteiger charge is -2.26. The van der Waals surface area contributed by atoms with Crippen molar-refractivity contribution in [2.45, 2.75) is 44.6 Å². The van der Waals surface area contributed by atoms with Gasteiger partial charge in [-0.25, -0.2) is 0 Å². The molecular formula is C30H36N2O7. The molecule has 0 saturated carbocycles. The number of carbonyl (C=O) groups excluding carboxylic acids is 1. The first-order chi connectivity index (χ1) is 18.9. The third-order valence-corrected chi connectivity index (χ3v) is 6.95. The summed E-state index contributed by atoms with van der Waals surface area (Å²) in [6, 6.07) is 14.3. The van der Waals surface area contributed by atoms with Crippen molar-refractivity contribution in [2.24, 2.45) is 5.73 Å². The number of carbonyl (C=O) groups is 1. The molecular weight excluding hydrogens is 500 g/mol. The number of aromatic hydroxyl groups is 1. The standard InChI is InChI=1S/C30H36N2O7/c1-36-21-11-9-20(10-12-21)13-16-38-29-23(7-6-8-26(29)37-2)24(18-27(31)34)30-28(35)25(33)17-22(39-30)19-32-14-4-3-5-15-32/h6-12,17,24,35H,3-5,13-16,18-19H2,1-2H3,(H2,31,34)/t24-/m0/s1. The zero-order valence-corrected chi connectivity index (χ0v) is 22.5. The zero-order valence-electron chi connectivity index (χ0n) is 22.5. The second kappa shape index (κ2) is 13.2. The molecule has 9 nitrogen and oxygen atoms in total. The van der Waals surface area contributed by atoms with Gasteiger partial charge in [0.1, 0.15) is 11.5 Å². The molecule has 0 spiro atoms. The molecule has 2 heterocycles. The number of hydrogen-bond donors (Lipinski definition) is 2. The molecule has 1 aromatic heterocycles. The van der Waals surface area contributed by atoms with Gasteiger partial charge in [0.25, 0.3) is 0 Å². The molecule has 3 N–H and O–H groups in total. The number of methoxy groups -OCH3 is 2. The van der Waals surface area contributed by atoms with Crippen molar-refractivity contribution >= 4 is 5.91 Å². The molecule has 208 valence electrons. The van der Waals surface area contributed by atoms with Gasteiger partial charge in [-0.1, -0.05) is 30.7 Å². The fourth-order valence-corrected chi connectivity index (χ4v) is 4.94.